The van der Waals surface area contributed by atoms with Crippen LogP contribution >= 0.6 is 24.0 Å². The lowest BCUT2D eigenvalue weighted by molar-refractivity contribution is -0.120. The van der Waals surface area contributed by atoms with Crippen LogP contribution < -0.4 is 16.0 Å². The summed E-state index contributed by atoms with van der Waals surface area (Å²) in [4.78, 5) is 16.1. The Hall–Kier alpha value is -1.38. The summed E-state index contributed by atoms with van der Waals surface area (Å²) in [6.45, 7) is 7.78. The highest BCUT2D eigenvalue weighted by Crippen LogP contribution is 2.03. The summed E-state index contributed by atoms with van der Waals surface area (Å²) < 4.78 is 13.0. The summed E-state index contributed by atoms with van der Waals surface area (Å²) in [5.74, 6) is 0.268. The third kappa shape index (κ3) is 10.1. The van der Waals surface area contributed by atoms with Crippen LogP contribution in [-0.2, 0) is 11.2 Å². The van der Waals surface area contributed by atoms with E-state index >= 15 is 0 Å². The molecule has 23 heavy (non-hydrogen) atoms. The fourth-order valence-electron chi connectivity index (χ4n) is 1.85. The summed E-state index contributed by atoms with van der Waals surface area (Å²) in [5, 5.41) is 9.11. The van der Waals surface area contributed by atoms with Gasteiger partial charge in [0.15, 0.2) is 5.96 Å². The highest BCUT2D eigenvalue weighted by Gasteiger charge is 2.04. The molecule has 0 fully saturated rings. The van der Waals surface area contributed by atoms with Crippen LogP contribution in [0.3, 0.4) is 0 Å². The van der Waals surface area contributed by atoms with Gasteiger partial charge in [-0.3, -0.25) is 9.79 Å². The van der Waals surface area contributed by atoms with Gasteiger partial charge >= 0.3 is 0 Å². The zero-order chi connectivity index (χ0) is 16.4. The molecule has 7 heteroatoms. The van der Waals surface area contributed by atoms with Crippen LogP contribution in [-0.4, -0.2) is 37.5 Å². The molecular weight excluding hydrogens is 410 g/mol. The van der Waals surface area contributed by atoms with E-state index in [0.29, 0.717) is 24.7 Å². The quantitative estimate of drug-likeness (QED) is 0.266. The molecule has 0 aliphatic carbocycles. The van der Waals surface area contributed by atoms with Gasteiger partial charge in [-0.1, -0.05) is 12.1 Å². The summed E-state index contributed by atoms with van der Waals surface area (Å²) in [6.07, 6.45) is 0.172. The Bertz CT molecular complexity index is 509. The number of rotatable bonds is 7. The second-order valence-corrected chi connectivity index (χ2v) is 5.22. The minimum absolute atomic E-state index is 0. The van der Waals surface area contributed by atoms with E-state index in [0.717, 1.165) is 12.5 Å². The minimum Gasteiger partial charge on any atom is -0.357 e. The second-order valence-electron chi connectivity index (χ2n) is 5.22. The van der Waals surface area contributed by atoms with Gasteiger partial charge in [0, 0.05) is 19.1 Å². The maximum Gasteiger partial charge on any atom is 0.224 e. The molecular formula is C16H26FIN4O. The lowest BCUT2D eigenvalue weighted by Crippen LogP contribution is -2.41. The van der Waals surface area contributed by atoms with Crippen LogP contribution in [0.2, 0.25) is 0 Å². The first-order chi connectivity index (χ1) is 10.5. The molecule has 1 amide bonds. The van der Waals surface area contributed by atoms with E-state index in [1.807, 2.05) is 20.8 Å². The van der Waals surface area contributed by atoms with E-state index in [9.17, 15) is 9.18 Å². The normalized spacial score (nSPS) is 10.9. The first kappa shape index (κ1) is 21.6. The molecule has 1 aromatic carbocycles. The molecule has 0 saturated carbocycles. The number of halogens is 2. The maximum absolute atomic E-state index is 13.0. The highest BCUT2D eigenvalue weighted by atomic mass is 127. The fourth-order valence-corrected chi connectivity index (χ4v) is 1.85. The lowest BCUT2D eigenvalue weighted by atomic mass is 10.1. The van der Waals surface area contributed by atoms with Crippen molar-refractivity contribution in [1.29, 1.82) is 0 Å². The number of amides is 1. The molecule has 0 aromatic heterocycles. The predicted molar refractivity (Wildman–Crippen MR) is 103 cm³/mol. The number of hydrogen-bond donors (Lipinski definition) is 3. The Balaban J connectivity index is 0.00000484. The highest BCUT2D eigenvalue weighted by molar-refractivity contribution is 14.0. The summed E-state index contributed by atoms with van der Waals surface area (Å²) in [7, 11) is 0. The van der Waals surface area contributed by atoms with Gasteiger partial charge in [-0.25, -0.2) is 4.39 Å². The monoisotopic (exact) mass is 436 g/mol. The molecule has 1 aromatic rings. The van der Waals surface area contributed by atoms with Crippen LogP contribution in [0, 0.1) is 5.82 Å². The molecule has 3 N–H and O–H groups in total. The van der Waals surface area contributed by atoms with Crippen LogP contribution in [0.15, 0.2) is 29.3 Å². The van der Waals surface area contributed by atoms with Crippen molar-refractivity contribution in [2.75, 3.05) is 19.6 Å². The van der Waals surface area contributed by atoms with Crippen molar-refractivity contribution in [3.8, 4) is 0 Å². The van der Waals surface area contributed by atoms with Crippen molar-refractivity contribution < 1.29 is 9.18 Å². The average Bonchev–Trinajstić information content (AvgIpc) is 2.43. The summed E-state index contributed by atoms with van der Waals surface area (Å²) in [5.41, 5.74) is 0.663. The SMILES string of the molecule is CCNC(=NCCNC(=O)Cc1cccc(F)c1)NC(C)C.I. The molecule has 0 aliphatic heterocycles. The molecule has 5 nitrogen and oxygen atoms in total. The number of nitrogens with one attached hydrogen (secondary N) is 3. The molecule has 0 saturated heterocycles. The van der Waals surface area contributed by atoms with Crippen molar-refractivity contribution in [3.05, 3.63) is 35.6 Å². The lowest BCUT2D eigenvalue weighted by Gasteiger charge is -2.14. The number of benzene rings is 1. The van der Waals surface area contributed by atoms with Gasteiger partial charge < -0.3 is 16.0 Å². The Labute approximate surface area is 154 Å². The first-order valence-electron chi connectivity index (χ1n) is 7.57. The van der Waals surface area contributed by atoms with Crippen LogP contribution in [0.1, 0.15) is 26.3 Å². The Morgan fingerprint density at radius 3 is 2.65 bits per heavy atom. The van der Waals surface area contributed by atoms with E-state index in [1.54, 1.807) is 12.1 Å². The zero-order valence-electron chi connectivity index (χ0n) is 13.9. The Morgan fingerprint density at radius 1 is 1.30 bits per heavy atom. The summed E-state index contributed by atoms with van der Waals surface area (Å²) in [6, 6.07) is 6.35. The minimum atomic E-state index is -0.329. The largest absolute Gasteiger partial charge is 0.357 e. The molecule has 0 aliphatic rings. The molecule has 0 bridgehead atoms. The van der Waals surface area contributed by atoms with Gasteiger partial charge in [-0.05, 0) is 38.5 Å². The van der Waals surface area contributed by atoms with Gasteiger partial charge in [0.05, 0.1) is 13.0 Å². The molecule has 0 radical (unpaired) electrons. The van der Waals surface area contributed by atoms with Gasteiger partial charge in [0.25, 0.3) is 0 Å². The fraction of sp³-hybridized carbons (Fsp3) is 0.500. The van der Waals surface area contributed by atoms with Crippen molar-refractivity contribution in [2.24, 2.45) is 4.99 Å². The predicted octanol–water partition coefficient (Wildman–Crippen LogP) is 2.07. The van der Waals surface area contributed by atoms with Crippen molar-refractivity contribution >= 4 is 35.8 Å². The van der Waals surface area contributed by atoms with Crippen LogP contribution in [0.5, 0.6) is 0 Å². The molecule has 0 heterocycles. The third-order valence-electron chi connectivity index (χ3n) is 2.73. The molecule has 130 valence electrons. The van der Waals surface area contributed by atoms with Gasteiger partial charge in [-0.2, -0.15) is 0 Å². The van der Waals surface area contributed by atoms with E-state index in [4.69, 9.17) is 0 Å². The van der Waals surface area contributed by atoms with Gasteiger partial charge in [0.1, 0.15) is 5.82 Å². The van der Waals surface area contributed by atoms with E-state index in [-0.39, 0.29) is 42.1 Å². The second kappa shape index (κ2) is 12.1. The van der Waals surface area contributed by atoms with E-state index < -0.39 is 0 Å². The summed E-state index contributed by atoms with van der Waals surface area (Å²) >= 11 is 0. The number of hydrogen-bond acceptors (Lipinski definition) is 2. The van der Waals surface area contributed by atoms with Crippen LogP contribution in [0.4, 0.5) is 4.39 Å². The van der Waals surface area contributed by atoms with Crippen molar-refractivity contribution in [2.45, 2.75) is 33.2 Å². The smallest absolute Gasteiger partial charge is 0.224 e. The van der Waals surface area contributed by atoms with Crippen molar-refractivity contribution in [1.82, 2.24) is 16.0 Å². The first-order valence-corrected chi connectivity index (χ1v) is 7.57. The topological polar surface area (TPSA) is 65.5 Å². The average molecular weight is 436 g/mol. The zero-order valence-corrected chi connectivity index (χ0v) is 16.2. The molecule has 0 unspecified atom stereocenters. The number of guanidine groups is 1. The van der Waals surface area contributed by atoms with E-state index in [2.05, 4.69) is 20.9 Å². The number of carbonyl (C=O) groups is 1. The van der Waals surface area contributed by atoms with Gasteiger partial charge in [-0.15, -0.1) is 24.0 Å². The number of aliphatic imine (C=N–C) groups is 1. The Kier molecular flexibility index (Phi) is 11.4. The molecule has 0 atom stereocenters. The molecule has 1 rings (SSSR count). The maximum atomic E-state index is 13.0. The number of carbonyl (C=O) groups excluding carboxylic acids is 1. The van der Waals surface area contributed by atoms with Crippen molar-refractivity contribution in [3.63, 3.8) is 0 Å². The van der Waals surface area contributed by atoms with E-state index in [1.165, 1.54) is 12.1 Å². The van der Waals surface area contributed by atoms with Gasteiger partial charge in [0.2, 0.25) is 5.91 Å². The molecule has 0 spiro atoms. The van der Waals surface area contributed by atoms with Crippen LogP contribution in [0.25, 0.3) is 0 Å². The third-order valence-corrected chi connectivity index (χ3v) is 2.73. The number of nitrogens with zero attached hydrogens (tertiary/aromatic N) is 1. The Morgan fingerprint density at radius 2 is 2.04 bits per heavy atom. The standard InChI is InChI=1S/C16H25FN4O.HI/c1-4-18-16(21-12(2)3)20-9-8-19-15(22)11-13-6-5-7-14(17)10-13;/h5-7,10,12H,4,8-9,11H2,1-3H3,(H,19,22)(H2,18,20,21);1H.